The number of methoxy groups -OCH3 is 1. The molecule has 0 aliphatic carbocycles. The second-order valence-electron chi connectivity index (χ2n) is 8.59. The number of ether oxygens (including phenoxy) is 1. The van der Waals surface area contributed by atoms with Crippen LogP contribution in [-0.2, 0) is 26.2 Å². The molecule has 0 heterocycles. The minimum atomic E-state index is -3.89. The molecule has 10 heteroatoms. The molecule has 2 rings (SSSR count). The van der Waals surface area contributed by atoms with Crippen molar-refractivity contribution in [3.8, 4) is 5.75 Å². The van der Waals surface area contributed by atoms with Gasteiger partial charge in [-0.2, -0.15) is 0 Å². The Hall–Kier alpha value is -3.14. The van der Waals surface area contributed by atoms with Crippen molar-refractivity contribution in [3.63, 3.8) is 0 Å². The Bertz CT molecular complexity index is 1140. The summed E-state index contributed by atoms with van der Waals surface area (Å²) in [5.74, 6) is -1.09. The maximum atomic E-state index is 13.6. The van der Waals surface area contributed by atoms with Gasteiger partial charge in [-0.05, 0) is 62.6 Å². The molecule has 0 saturated heterocycles. The van der Waals surface area contributed by atoms with Crippen molar-refractivity contribution in [2.45, 2.75) is 52.7 Å². The Morgan fingerprint density at radius 3 is 2.29 bits per heavy atom. The Kier molecular flexibility index (Phi) is 9.64. The van der Waals surface area contributed by atoms with E-state index in [1.54, 1.807) is 32.0 Å². The van der Waals surface area contributed by atoms with Crippen LogP contribution in [0.1, 0.15) is 38.3 Å². The van der Waals surface area contributed by atoms with Gasteiger partial charge in [0.1, 0.15) is 24.2 Å². The largest absolute Gasteiger partial charge is 0.495 e. The van der Waals surface area contributed by atoms with Crippen LogP contribution in [0.4, 0.5) is 10.1 Å². The zero-order chi connectivity index (χ0) is 26.3. The first-order valence-corrected chi connectivity index (χ1v) is 13.2. The fourth-order valence-electron chi connectivity index (χ4n) is 3.42. The molecule has 0 aliphatic heterocycles. The summed E-state index contributed by atoms with van der Waals surface area (Å²) in [4.78, 5) is 27.7. The second-order valence-corrected chi connectivity index (χ2v) is 10.5. The summed E-state index contributed by atoms with van der Waals surface area (Å²) in [6, 6.07) is 9.60. The number of amides is 2. The van der Waals surface area contributed by atoms with Gasteiger partial charge in [-0.1, -0.05) is 25.1 Å². The molecule has 0 aliphatic rings. The topological polar surface area (TPSA) is 96.0 Å². The Balaban J connectivity index is 2.45. The minimum absolute atomic E-state index is 0.00321. The molecule has 0 unspecified atom stereocenters. The van der Waals surface area contributed by atoms with Crippen molar-refractivity contribution >= 4 is 27.5 Å². The first-order chi connectivity index (χ1) is 16.4. The summed E-state index contributed by atoms with van der Waals surface area (Å²) < 4.78 is 45.2. The molecule has 2 amide bonds. The minimum Gasteiger partial charge on any atom is -0.495 e. The molecule has 0 saturated carbocycles. The molecule has 0 fully saturated rings. The van der Waals surface area contributed by atoms with Crippen molar-refractivity contribution in [3.05, 3.63) is 59.4 Å². The summed E-state index contributed by atoms with van der Waals surface area (Å²) in [7, 11) is -2.47. The highest BCUT2D eigenvalue weighted by atomic mass is 32.2. The van der Waals surface area contributed by atoms with E-state index in [1.165, 1.54) is 36.3 Å². The number of nitrogens with zero attached hydrogens (tertiary/aromatic N) is 2. The molecule has 8 nitrogen and oxygen atoms in total. The molecule has 0 spiro atoms. The lowest BCUT2D eigenvalue weighted by atomic mass is 10.1. The second kappa shape index (κ2) is 12.0. The predicted molar refractivity (Wildman–Crippen MR) is 134 cm³/mol. The van der Waals surface area contributed by atoms with E-state index in [2.05, 4.69) is 5.32 Å². The molecule has 35 heavy (non-hydrogen) atoms. The highest BCUT2D eigenvalue weighted by molar-refractivity contribution is 7.92. The van der Waals surface area contributed by atoms with Gasteiger partial charge in [-0.25, -0.2) is 12.8 Å². The predicted octanol–water partition coefficient (Wildman–Crippen LogP) is 3.24. The van der Waals surface area contributed by atoms with Gasteiger partial charge in [0.25, 0.3) is 0 Å². The number of rotatable bonds is 11. The molecule has 1 N–H and O–H groups in total. The normalized spacial score (nSPS) is 13.0. The van der Waals surface area contributed by atoms with Gasteiger partial charge in [0.2, 0.25) is 21.8 Å². The van der Waals surface area contributed by atoms with E-state index in [4.69, 9.17) is 4.74 Å². The quantitative estimate of drug-likeness (QED) is 0.504. The van der Waals surface area contributed by atoms with Gasteiger partial charge in [0.15, 0.2) is 0 Å². The molecule has 0 radical (unpaired) electrons. The fraction of sp³-hybridized carbons (Fsp3) is 0.440. The number of hydrogen-bond donors (Lipinski definition) is 1. The number of carbonyl (C=O) groups excluding carboxylic acids is 2. The molecule has 2 aromatic carbocycles. The monoisotopic (exact) mass is 507 g/mol. The number of carbonyl (C=O) groups is 2. The lowest BCUT2D eigenvalue weighted by Gasteiger charge is -2.32. The smallest absolute Gasteiger partial charge is 0.244 e. The van der Waals surface area contributed by atoms with E-state index in [0.29, 0.717) is 17.7 Å². The van der Waals surface area contributed by atoms with Gasteiger partial charge in [0, 0.05) is 12.6 Å². The maximum absolute atomic E-state index is 13.6. The van der Waals surface area contributed by atoms with Gasteiger partial charge >= 0.3 is 0 Å². The highest BCUT2D eigenvalue weighted by Gasteiger charge is 2.31. The SMILES string of the molecule is CC[C@@H](C)NC(=O)[C@@H](C)N(Cc1ccc(F)cc1)C(=O)CN(c1cc(C)ccc1OC)S(C)(=O)=O. The van der Waals surface area contributed by atoms with Gasteiger partial charge < -0.3 is 15.0 Å². The van der Waals surface area contributed by atoms with Crippen LogP contribution in [0.5, 0.6) is 5.75 Å². The Morgan fingerprint density at radius 1 is 1.11 bits per heavy atom. The lowest BCUT2D eigenvalue weighted by molar-refractivity contribution is -0.139. The fourth-order valence-corrected chi connectivity index (χ4v) is 4.27. The number of halogens is 1. The van der Waals surface area contributed by atoms with Crippen molar-refractivity contribution < 1.29 is 27.1 Å². The zero-order valence-corrected chi connectivity index (χ0v) is 21.9. The Morgan fingerprint density at radius 2 is 1.74 bits per heavy atom. The summed E-state index contributed by atoms with van der Waals surface area (Å²) in [6.07, 6.45) is 1.71. The number of nitrogens with one attached hydrogen (secondary N) is 1. The molecule has 0 aromatic heterocycles. The molecular formula is C25H34FN3O5S. The number of anilines is 1. The van der Waals surface area contributed by atoms with Gasteiger partial charge in [-0.3, -0.25) is 13.9 Å². The average molecular weight is 508 g/mol. The Labute approximate surface area is 207 Å². The molecule has 192 valence electrons. The number of benzene rings is 2. The third kappa shape index (κ3) is 7.68. The molecule has 2 atom stereocenters. The van der Waals surface area contributed by atoms with Crippen molar-refractivity contribution in [1.29, 1.82) is 0 Å². The standard InChI is InChI=1S/C25H34FN3O5S/c1-7-18(3)27-25(31)19(4)28(15-20-9-11-21(26)12-10-20)24(30)16-29(35(6,32)33)22-14-17(2)8-13-23(22)34-5/h8-14,18-19H,7,15-16H2,1-6H3,(H,27,31)/t18-,19-/m1/s1. The summed E-state index contributed by atoms with van der Waals surface area (Å²) in [5, 5.41) is 2.86. The number of hydrogen-bond acceptors (Lipinski definition) is 5. The van der Waals surface area contributed by atoms with Crippen molar-refractivity contribution in [2.75, 3.05) is 24.2 Å². The van der Waals surface area contributed by atoms with E-state index in [0.717, 1.165) is 16.1 Å². The van der Waals surface area contributed by atoms with Crippen molar-refractivity contribution in [2.24, 2.45) is 0 Å². The summed E-state index contributed by atoms with van der Waals surface area (Å²) >= 11 is 0. The van der Waals surface area contributed by atoms with Crippen LogP contribution in [-0.4, -0.2) is 57.1 Å². The van der Waals surface area contributed by atoms with Crippen LogP contribution in [0.2, 0.25) is 0 Å². The van der Waals surface area contributed by atoms with Crippen LogP contribution >= 0.6 is 0 Å². The lowest BCUT2D eigenvalue weighted by Crippen LogP contribution is -2.52. The third-order valence-corrected chi connectivity index (χ3v) is 6.84. The van der Waals surface area contributed by atoms with E-state index < -0.39 is 34.3 Å². The van der Waals surface area contributed by atoms with Crippen LogP contribution in [0, 0.1) is 12.7 Å². The van der Waals surface area contributed by atoms with E-state index in [9.17, 15) is 22.4 Å². The number of sulfonamides is 1. The van der Waals surface area contributed by atoms with Crippen molar-refractivity contribution in [1.82, 2.24) is 10.2 Å². The van der Waals surface area contributed by atoms with Crippen LogP contribution in [0.25, 0.3) is 0 Å². The maximum Gasteiger partial charge on any atom is 0.244 e. The van der Waals surface area contributed by atoms with E-state index in [1.807, 2.05) is 13.8 Å². The first-order valence-electron chi connectivity index (χ1n) is 11.3. The van der Waals surface area contributed by atoms with Crippen LogP contribution in [0.15, 0.2) is 42.5 Å². The first kappa shape index (κ1) is 28.1. The zero-order valence-electron chi connectivity index (χ0n) is 21.0. The molecular weight excluding hydrogens is 473 g/mol. The molecule has 0 bridgehead atoms. The average Bonchev–Trinajstić information content (AvgIpc) is 2.80. The summed E-state index contributed by atoms with van der Waals surface area (Å²) in [6.45, 7) is 6.62. The third-order valence-electron chi connectivity index (χ3n) is 5.72. The van der Waals surface area contributed by atoms with E-state index >= 15 is 0 Å². The van der Waals surface area contributed by atoms with Gasteiger partial charge in [0.05, 0.1) is 19.1 Å². The van der Waals surface area contributed by atoms with E-state index in [-0.39, 0.29) is 24.2 Å². The van der Waals surface area contributed by atoms with Crippen LogP contribution in [0.3, 0.4) is 0 Å². The van der Waals surface area contributed by atoms with Crippen LogP contribution < -0.4 is 14.4 Å². The number of aryl methyl sites for hydroxylation is 1. The highest BCUT2D eigenvalue weighted by Crippen LogP contribution is 2.31. The molecule has 2 aromatic rings. The summed E-state index contributed by atoms with van der Waals surface area (Å²) in [5.41, 5.74) is 1.61. The van der Waals surface area contributed by atoms with Gasteiger partial charge in [-0.15, -0.1) is 0 Å².